The summed E-state index contributed by atoms with van der Waals surface area (Å²) in [7, 11) is 0. The standard InChI is InChI=1S/C14H25NS/c1-3-4-5-6-7-9-15-13(2)11-14-8-10-16-12-14/h8,10,12-13,15H,3-7,9,11H2,1-2H3. The van der Waals surface area contributed by atoms with E-state index in [4.69, 9.17) is 0 Å². The van der Waals surface area contributed by atoms with E-state index in [2.05, 4.69) is 36.0 Å². The summed E-state index contributed by atoms with van der Waals surface area (Å²) in [5, 5.41) is 8.01. The molecule has 1 heterocycles. The molecule has 0 aliphatic rings. The van der Waals surface area contributed by atoms with E-state index < -0.39 is 0 Å². The first kappa shape index (κ1) is 13.7. The predicted molar refractivity (Wildman–Crippen MR) is 74.2 cm³/mol. The third-order valence-electron chi connectivity index (χ3n) is 2.90. The van der Waals surface area contributed by atoms with Gasteiger partial charge in [-0.2, -0.15) is 11.3 Å². The van der Waals surface area contributed by atoms with Crippen LogP contribution in [0.15, 0.2) is 16.8 Å². The Bertz CT molecular complexity index is 243. The van der Waals surface area contributed by atoms with Gasteiger partial charge in [-0.1, -0.05) is 32.6 Å². The molecule has 0 bridgehead atoms. The first-order valence-corrected chi connectivity index (χ1v) is 7.51. The minimum atomic E-state index is 0.612. The average molecular weight is 239 g/mol. The van der Waals surface area contributed by atoms with Gasteiger partial charge < -0.3 is 5.32 Å². The summed E-state index contributed by atoms with van der Waals surface area (Å²) in [5.74, 6) is 0. The largest absolute Gasteiger partial charge is 0.314 e. The number of hydrogen-bond acceptors (Lipinski definition) is 2. The van der Waals surface area contributed by atoms with Crippen molar-refractivity contribution in [3.05, 3.63) is 22.4 Å². The van der Waals surface area contributed by atoms with Crippen molar-refractivity contribution < 1.29 is 0 Å². The van der Waals surface area contributed by atoms with Crippen LogP contribution in [0.3, 0.4) is 0 Å². The van der Waals surface area contributed by atoms with Gasteiger partial charge in [0.05, 0.1) is 0 Å². The Morgan fingerprint density at radius 2 is 2.06 bits per heavy atom. The fraction of sp³-hybridized carbons (Fsp3) is 0.714. The SMILES string of the molecule is CCCCCCCNC(C)Cc1ccsc1. The number of rotatable bonds is 9. The van der Waals surface area contributed by atoms with Crippen molar-refractivity contribution in [1.29, 1.82) is 0 Å². The van der Waals surface area contributed by atoms with Gasteiger partial charge in [-0.05, 0) is 48.7 Å². The van der Waals surface area contributed by atoms with Crippen LogP contribution >= 0.6 is 11.3 Å². The zero-order valence-corrected chi connectivity index (χ0v) is 11.5. The van der Waals surface area contributed by atoms with Gasteiger partial charge in [0, 0.05) is 6.04 Å². The van der Waals surface area contributed by atoms with Gasteiger partial charge in [0.15, 0.2) is 0 Å². The molecule has 1 atom stereocenters. The van der Waals surface area contributed by atoms with Gasteiger partial charge in [-0.3, -0.25) is 0 Å². The molecule has 16 heavy (non-hydrogen) atoms. The molecule has 0 aliphatic heterocycles. The van der Waals surface area contributed by atoms with Gasteiger partial charge in [0.2, 0.25) is 0 Å². The Labute approximate surface area is 104 Å². The van der Waals surface area contributed by atoms with E-state index in [0.717, 1.165) is 0 Å². The molecule has 1 unspecified atom stereocenters. The lowest BCUT2D eigenvalue weighted by Gasteiger charge is -2.12. The molecular formula is C14H25NS. The molecule has 0 saturated heterocycles. The zero-order chi connectivity index (χ0) is 11.6. The van der Waals surface area contributed by atoms with Gasteiger partial charge in [-0.15, -0.1) is 0 Å². The fourth-order valence-corrected chi connectivity index (χ4v) is 2.59. The maximum absolute atomic E-state index is 3.60. The predicted octanol–water partition coefficient (Wildman–Crippen LogP) is 4.24. The highest BCUT2D eigenvalue weighted by molar-refractivity contribution is 7.07. The van der Waals surface area contributed by atoms with Crippen LogP contribution in [-0.4, -0.2) is 12.6 Å². The van der Waals surface area contributed by atoms with Crippen LogP contribution in [-0.2, 0) is 6.42 Å². The van der Waals surface area contributed by atoms with Crippen LogP contribution < -0.4 is 5.32 Å². The molecular weight excluding hydrogens is 214 g/mol. The number of thiophene rings is 1. The summed E-state index contributed by atoms with van der Waals surface area (Å²) < 4.78 is 0. The molecule has 1 aromatic heterocycles. The zero-order valence-electron chi connectivity index (χ0n) is 10.7. The van der Waals surface area contributed by atoms with Crippen LogP contribution in [0.4, 0.5) is 0 Å². The summed E-state index contributed by atoms with van der Waals surface area (Å²) >= 11 is 1.79. The van der Waals surface area contributed by atoms with E-state index in [1.807, 2.05) is 0 Å². The molecule has 1 N–H and O–H groups in total. The van der Waals surface area contributed by atoms with Gasteiger partial charge >= 0.3 is 0 Å². The van der Waals surface area contributed by atoms with Crippen LogP contribution in [0.1, 0.15) is 51.5 Å². The molecule has 0 aliphatic carbocycles. The highest BCUT2D eigenvalue weighted by Crippen LogP contribution is 2.08. The Balaban J connectivity index is 1.96. The first-order valence-electron chi connectivity index (χ1n) is 6.57. The second-order valence-electron chi connectivity index (χ2n) is 4.61. The molecule has 1 nitrogen and oxygen atoms in total. The van der Waals surface area contributed by atoms with Gasteiger partial charge in [0.1, 0.15) is 0 Å². The summed E-state index contributed by atoms with van der Waals surface area (Å²) in [6.45, 7) is 5.72. The second kappa shape index (κ2) is 8.77. The molecule has 1 aromatic rings. The topological polar surface area (TPSA) is 12.0 Å². The lowest BCUT2D eigenvalue weighted by atomic mass is 10.1. The Hall–Kier alpha value is -0.340. The highest BCUT2D eigenvalue weighted by Gasteiger charge is 2.02. The fourth-order valence-electron chi connectivity index (χ4n) is 1.91. The third kappa shape index (κ3) is 6.29. The monoisotopic (exact) mass is 239 g/mol. The minimum Gasteiger partial charge on any atom is -0.314 e. The van der Waals surface area contributed by atoms with Crippen LogP contribution in [0.25, 0.3) is 0 Å². The molecule has 0 aromatic carbocycles. The van der Waals surface area contributed by atoms with Crippen LogP contribution in [0, 0.1) is 0 Å². The normalized spacial score (nSPS) is 12.9. The third-order valence-corrected chi connectivity index (χ3v) is 3.63. The molecule has 1 rings (SSSR count). The van der Waals surface area contributed by atoms with E-state index in [1.165, 1.54) is 50.6 Å². The minimum absolute atomic E-state index is 0.612. The van der Waals surface area contributed by atoms with Crippen LogP contribution in [0.5, 0.6) is 0 Å². The summed E-state index contributed by atoms with van der Waals surface area (Å²) in [4.78, 5) is 0. The van der Waals surface area contributed by atoms with E-state index in [9.17, 15) is 0 Å². The van der Waals surface area contributed by atoms with Gasteiger partial charge in [-0.25, -0.2) is 0 Å². The van der Waals surface area contributed by atoms with Crippen molar-refractivity contribution in [2.24, 2.45) is 0 Å². The molecule has 0 saturated carbocycles. The molecule has 0 radical (unpaired) electrons. The van der Waals surface area contributed by atoms with Crippen molar-refractivity contribution in [1.82, 2.24) is 5.32 Å². The van der Waals surface area contributed by atoms with Crippen molar-refractivity contribution in [3.8, 4) is 0 Å². The quantitative estimate of drug-likeness (QED) is 0.636. The average Bonchev–Trinajstić information content (AvgIpc) is 2.76. The Morgan fingerprint density at radius 1 is 1.25 bits per heavy atom. The summed E-state index contributed by atoms with van der Waals surface area (Å²) in [6, 6.07) is 2.84. The van der Waals surface area contributed by atoms with E-state index in [0.29, 0.717) is 6.04 Å². The van der Waals surface area contributed by atoms with Gasteiger partial charge in [0.25, 0.3) is 0 Å². The van der Waals surface area contributed by atoms with Crippen molar-refractivity contribution >= 4 is 11.3 Å². The molecule has 2 heteroatoms. The smallest absolute Gasteiger partial charge is 0.00794 e. The van der Waals surface area contributed by atoms with E-state index in [1.54, 1.807) is 11.3 Å². The molecule has 0 amide bonds. The molecule has 0 spiro atoms. The van der Waals surface area contributed by atoms with Crippen molar-refractivity contribution in [2.45, 2.75) is 58.4 Å². The van der Waals surface area contributed by atoms with Crippen molar-refractivity contribution in [2.75, 3.05) is 6.54 Å². The maximum atomic E-state index is 3.60. The number of hydrogen-bond donors (Lipinski definition) is 1. The van der Waals surface area contributed by atoms with Crippen molar-refractivity contribution in [3.63, 3.8) is 0 Å². The summed E-state index contributed by atoms with van der Waals surface area (Å²) in [5.41, 5.74) is 1.47. The molecule has 92 valence electrons. The Kier molecular flexibility index (Phi) is 7.52. The first-order chi connectivity index (χ1) is 7.83. The number of nitrogens with one attached hydrogen (secondary N) is 1. The lowest BCUT2D eigenvalue weighted by Crippen LogP contribution is -2.28. The Morgan fingerprint density at radius 3 is 2.75 bits per heavy atom. The van der Waals surface area contributed by atoms with E-state index >= 15 is 0 Å². The summed E-state index contributed by atoms with van der Waals surface area (Å²) in [6.07, 6.45) is 8.00. The highest BCUT2D eigenvalue weighted by atomic mass is 32.1. The lowest BCUT2D eigenvalue weighted by molar-refractivity contribution is 0.514. The number of unbranched alkanes of at least 4 members (excludes halogenated alkanes) is 4. The second-order valence-corrected chi connectivity index (χ2v) is 5.39. The van der Waals surface area contributed by atoms with E-state index in [-0.39, 0.29) is 0 Å². The van der Waals surface area contributed by atoms with Crippen LogP contribution in [0.2, 0.25) is 0 Å². The molecule has 0 fully saturated rings. The maximum Gasteiger partial charge on any atom is 0.00794 e.